The second-order valence-corrected chi connectivity index (χ2v) is 9.12. The molecule has 0 rings (SSSR count). The van der Waals surface area contributed by atoms with Crippen molar-refractivity contribution >= 4 is 5.91 Å². The van der Waals surface area contributed by atoms with Crippen molar-refractivity contribution < 1.29 is 15.0 Å². The van der Waals surface area contributed by atoms with E-state index in [0.717, 1.165) is 19.3 Å². The lowest BCUT2D eigenvalue weighted by Crippen LogP contribution is -2.45. The van der Waals surface area contributed by atoms with Crippen LogP contribution in [0, 0.1) is 0 Å². The maximum absolute atomic E-state index is 11.6. The largest absolute Gasteiger partial charge is 0.394 e. The molecule has 31 heavy (non-hydrogen) atoms. The van der Waals surface area contributed by atoms with Crippen molar-refractivity contribution in [3.05, 3.63) is 12.2 Å². The third kappa shape index (κ3) is 20.8. The summed E-state index contributed by atoms with van der Waals surface area (Å²) in [6, 6.07) is -0.610. The van der Waals surface area contributed by atoms with Gasteiger partial charge in [0, 0.05) is 6.42 Å². The predicted molar refractivity (Wildman–Crippen MR) is 133 cm³/mol. The first kappa shape index (κ1) is 30.1. The zero-order valence-electron chi connectivity index (χ0n) is 20.8. The van der Waals surface area contributed by atoms with Crippen LogP contribution in [-0.2, 0) is 4.79 Å². The molecule has 184 valence electrons. The first-order chi connectivity index (χ1) is 15.2. The molecule has 0 spiro atoms. The highest BCUT2D eigenvalue weighted by atomic mass is 16.3. The van der Waals surface area contributed by atoms with Crippen molar-refractivity contribution in [3.8, 4) is 0 Å². The molecule has 0 bridgehead atoms. The van der Waals surface area contributed by atoms with E-state index in [-0.39, 0.29) is 12.5 Å². The third-order valence-corrected chi connectivity index (χ3v) is 5.99. The molecule has 0 aromatic heterocycles. The number of amides is 1. The number of allylic oxidation sites excluding steroid dienone is 1. The molecule has 4 nitrogen and oxygen atoms in total. The molecule has 0 aliphatic carbocycles. The molecule has 0 heterocycles. The van der Waals surface area contributed by atoms with E-state index in [1.54, 1.807) is 6.08 Å². The maximum atomic E-state index is 11.6. The van der Waals surface area contributed by atoms with Crippen molar-refractivity contribution in [2.45, 2.75) is 148 Å². The Bertz CT molecular complexity index is 411. The van der Waals surface area contributed by atoms with Gasteiger partial charge < -0.3 is 15.5 Å². The lowest BCUT2D eigenvalue weighted by atomic mass is 10.0. The highest BCUT2D eigenvalue weighted by molar-refractivity contribution is 5.76. The minimum Gasteiger partial charge on any atom is -0.394 e. The van der Waals surface area contributed by atoms with Gasteiger partial charge in [0.25, 0.3) is 0 Å². The Kier molecular flexibility index (Phi) is 23.1. The third-order valence-electron chi connectivity index (χ3n) is 5.99. The average Bonchev–Trinajstić information content (AvgIpc) is 2.76. The molecule has 0 aliphatic rings. The number of aliphatic hydroxyl groups excluding tert-OH is 2. The molecule has 2 atom stereocenters. The van der Waals surface area contributed by atoms with Gasteiger partial charge in [0.05, 0.1) is 18.8 Å². The van der Waals surface area contributed by atoms with Crippen LogP contribution in [0.4, 0.5) is 0 Å². The molecule has 1 amide bonds. The summed E-state index contributed by atoms with van der Waals surface area (Å²) >= 11 is 0. The molecule has 4 heteroatoms. The van der Waals surface area contributed by atoms with Crippen LogP contribution < -0.4 is 5.32 Å². The lowest BCUT2D eigenvalue weighted by molar-refractivity contribution is -0.122. The molecule has 0 aliphatic heterocycles. The van der Waals surface area contributed by atoms with E-state index in [9.17, 15) is 15.0 Å². The summed E-state index contributed by atoms with van der Waals surface area (Å²) in [6.07, 6.45) is 26.9. The first-order valence-electron chi connectivity index (χ1n) is 13.4. The second-order valence-electron chi connectivity index (χ2n) is 9.12. The fourth-order valence-electron chi connectivity index (χ4n) is 3.93. The number of rotatable bonds is 23. The fraction of sp³-hybridized carbons (Fsp3) is 0.889. The average molecular weight is 440 g/mol. The van der Waals surface area contributed by atoms with E-state index in [1.165, 1.54) is 96.3 Å². The van der Waals surface area contributed by atoms with E-state index in [1.807, 2.05) is 13.0 Å². The minimum absolute atomic E-state index is 0.119. The normalized spacial score (nSPS) is 13.5. The van der Waals surface area contributed by atoms with Gasteiger partial charge in [-0.3, -0.25) is 4.79 Å². The Morgan fingerprint density at radius 2 is 1.19 bits per heavy atom. The number of unbranched alkanes of at least 4 members (excludes halogenated alkanes) is 16. The molecule has 0 fully saturated rings. The summed E-state index contributed by atoms with van der Waals surface area (Å²) in [6.45, 7) is 3.96. The van der Waals surface area contributed by atoms with E-state index in [0.29, 0.717) is 6.42 Å². The summed E-state index contributed by atoms with van der Waals surface area (Å²) in [4.78, 5) is 11.6. The number of hydrogen-bond acceptors (Lipinski definition) is 3. The monoisotopic (exact) mass is 439 g/mol. The highest BCUT2D eigenvalue weighted by Crippen LogP contribution is 2.14. The van der Waals surface area contributed by atoms with Crippen LogP contribution in [0.5, 0.6) is 0 Å². The quantitative estimate of drug-likeness (QED) is 0.121. The number of carbonyl (C=O) groups is 1. The predicted octanol–water partition coefficient (Wildman–Crippen LogP) is 6.83. The van der Waals surface area contributed by atoms with Gasteiger partial charge in [0.1, 0.15) is 0 Å². The van der Waals surface area contributed by atoms with Crippen molar-refractivity contribution in [2.75, 3.05) is 6.61 Å². The van der Waals surface area contributed by atoms with Crippen LogP contribution in [-0.4, -0.2) is 34.9 Å². The Hall–Kier alpha value is -0.870. The second kappa shape index (κ2) is 23.8. The summed E-state index contributed by atoms with van der Waals surface area (Å²) in [5.74, 6) is -0.119. The lowest BCUT2D eigenvalue weighted by Gasteiger charge is -2.19. The molecule has 0 radical (unpaired) electrons. The molecule has 2 unspecified atom stereocenters. The summed E-state index contributed by atoms with van der Waals surface area (Å²) in [5.41, 5.74) is 0. The molecule has 0 aromatic rings. The molecule has 0 saturated heterocycles. The first-order valence-corrected chi connectivity index (χ1v) is 13.4. The van der Waals surface area contributed by atoms with Gasteiger partial charge in [-0.2, -0.15) is 0 Å². The van der Waals surface area contributed by atoms with Crippen LogP contribution in [0.1, 0.15) is 136 Å². The molecule has 3 N–H and O–H groups in total. The summed E-state index contributed by atoms with van der Waals surface area (Å²) in [5, 5.41) is 22.1. The van der Waals surface area contributed by atoms with Crippen LogP contribution in [0.15, 0.2) is 12.2 Å². The SMILES string of the molecule is CCCCCCCCCCCCCCCCCC/C=C/C(O)C(CO)NC(=O)CCC. The van der Waals surface area contributed by atoms with E-state index < -0.39 is 12.1 Å². The van der Waals surface area contributed by atoms with Gasteiger partial charge in [0.2, 0.25) is 5.91 Å². The zero-order valence-corrected chi connectivity index (χ0v) is 20.8. The maximum Gasteiger partial charge on any atom is 0.220 e. The number of hydrogen-bond donors (Lipinski definition) is 3. The Labute approximate surface area is 193 Å². The zero-order chi connectivity index (χ0) is 23.0. The number of nitrogens with one attached hydrogen (secondary N) is 1. The van der Waals surface area contributed by atoms with Gasteiger partial charge in [0.15, 0.2) is 0 Å². The van der Waals surface area contributed by atoms with Gasteiger partial charge in [-0.1, -0.05) is 122 Å². The molecular formula is C27H53NO3. The van der Waals surface area contributed by atoms with Gasteiger partial charge in [-0.25, -0.2) is 0 Å². The minimum atomic E-state index is -0.827. The number of aliphatic hydroxyl groups is 2. The van der Waals surface area contributed by atoms with Crippen LogP contribution in [0.2, 0.25) is 0 Å². The van der Waals surface area contributed by atoms with Crippen molar-refractivity contribution in [1.29, 1.82) is 0 Å². The standard InChI is InChI=1S/C27H53NO3/c1-3-5-6-7-8-9-10-11-12-13-14-15-16-17-18-19-20-21-23-26(30)25(24-29)28-27(31)22-4-2/h21,23,25-26,29-30H,3-20,22,24H2,1-2H3,(H,28,31)/b23-21+. The Morgan fingerprint density at radius 3 is 1.61 bits per heavy atom. The van der Waals surface area contributed by atoms with E-state index >= 15 is 0 Å². The van der Waals surface area contributed by atoms with E-state index in [2.05, 4.69) is 12.2 Å². The van der Waals surface area contributed by atoms with Crippen molar-refractivity contribution in [2.24, 2.45) is 0 Å². The summed E-state index contributed by atoms with van der Waals surface area (Å²) in [7, 11) is 0. The van der Waals surface area contributed by atoms with Gasteiger partial charge in [-0.15, -0.1) is 0 Å². The van der Waals surface area contributed by atoms with E-state index in [4.69, 9.17) is 0 Å². The van der Waals surface area contributed by atoms with Crippen LogP contribution in [0.25, 0.3) is 0 Å². The van der Waals surface area contributed by atoms with Gasteiger partial charge >= 0.3 is 0 Å². The molecule has 0 saturated carbocycles. The Morgan fingerprint density at radius 1 is 0.742 bits per heavy atom. The fourth-order valence-corrected chi connectivity index (χ4v) is 3.93. The van der Waals surface area contributed by atoms with Gasteiger partial charge in [-0.05, 0) is 19.3 Å². The topological polar surface area (TPSA) is 69.6 Å². The molecular weight excluding hydrogens is 386 g/mol. The van der Waals surface area contributed by atoms with Crippen molar-refractivity contribution in [1.82, 2.24) is 5.32 Å². The molecule has 0 aromatic carbocycles. The highest BCUT2D eigenvalue weighted by Gasteiger charge is 2.17. The smallest absolute Gasteiger partial charge is 0.220 e. The summed E-state index contributed by atoms with van der Waals surface area (Å²) < 4.78 is 0. The van der Waals surface area contributed by atoms with Crippen molar-refractivity contribution in [3.63, 3.8) is 0 Å². The van der Waals surface area contributed by atoms with Crippen LogP contribution >= 0.6 is 0 Å². The number of carbonyl (C=O) groups excluding carboxylic acids is 1. The Balaban J connectivity index is 3.44. The van der Waals surface area contributed by atoms with Crippen LogP contribution in [0.3, 0.4) is 0 Å².